The van der Waals surface area contributed by atoms with Crippen molar-refractivity contribution in [1.82, 2.24) is 20.1 Å². The predicted octanol–water partition coefficient (Wildman–Crippen LogP) is 1.32. The van der Waals surface area contributed by atoms with Gasteiger partial charge < -0.3 is 15.8 Å². The van der Waals surface area contributed by atoms with Crippen molar-refractivity contribution in [2.45, 2.75) is 26.4 Å². The Kier molecular flexibility index (Phi) is 9.53. The molecular weight excluding hydrogens is 353 g/mol. The Morgan fingerprint density at radius 3 is 2.58 bits per heavy atom. The van der Waals surface area contributed by atoms with Crippen molar-refractivity contribution in [2.24, 2.45) is 5.73 Å². The molecule has 2 aromatic rings. The molecule has 1 unspecified atom stereocenters. The number of amides is 1. The quantitative estimate of drug-likeness (QED) is 0.793. The van der Waals surface area contributed by atoms with E-state index in [1.54, 1.807) is 10.9 Å². The lowest BCUT2D eigenvalue weighted by molar-refractivity contribution is -0.123. The molecule has 0 fully saturated rings. The number of carbonyl (C=O) groups excluding carboxylic acids is 1. The maximum absolute atomic E-state index is 11.7. The second-order valence-corrected chi connectivity index (χ2v) is 5.14. The Morgan fingerprint density at radius 1 is 1.38 bits per heavy atom. The molecule has 0 bridgehead atoms. The summed E-state index contributed by atoms with van der Waals surface area (Å²) in [6.07, 6.45) is 1.72. The molecule has 134 valence electrons. The first-order chi connectivity index (χ1) is 10.5. The molecule has 2 rings (SSSR count). The Labute approximate surface area is 153 Å². The molecule has 0 radical (unpaired) electrons. The molecule has 7 nitrogen and oxygen atoms in total. The fourth-order valence-corrected chi connectivity index (χ4v) is 2.08. The summed E-state index contributed by atoms with van der Waals surface area (Å²) in [5.74, 6) is 0.501. The zero-order chi connectivity index (χ0) is 16.1. The Hall–Kier alpha value is -1.67. The number of pyridine rings is 1. The molecule has 2 aromatic heterocycles. The largest absolute Gasteiger partial charge is 0.383 e. The fraction of sp³-hybridized carbons (Fsp3) is 0.400. The van der Waals surface area contributed by atoms with Gasteiger partial charge in [0.05, 0.1) is 12.3 Å². The number of rotatable bonds is 6. The highest BCUT2D eigenvalue weighted by Gasteiger charge is 2.12. The van der Waals surface area contributed by atoms with Crippen molar-refractivity contribution >= 4 is 30.7 Å². The standard InChI is InChI=1S/C15H21N5O2.2ClH/c1-10-6-11(2)20(19-10)14-5-4-12(7-17-14)8-18-15(21)13(16)9-22-3;;/h4-7,13H,8-9,16H2,1-3H3,(H,18,21);2*1H. The van der Waals surface area contributed by atoms with Crippen molar-refractivity contribution in [3.8, 4) is 5.82 Å². The summed E-state index contributed by atoms with van der Waals surface area (Å²) < 4.78 is 6.63. The van der Waals surface area contributed by atoms with Gasteiger partial charge in [0, 0.05) is 25.5 Å². The number of nitrogens with zero attached hydrogens (tertiary/aromatic N) is 3. The van der Waals surface area contributed by atoms with E-state index in [9.17, 15) is 4.79 Å². The summed E-state index contributed by atoms with van der Waals surface area (Å²) in [6.45, 7) is 4.49. The molecule has 0 saturated heterocycles. The molecule has 0 aromatic carbocycles. The number of hydrogen-bond donors (Lipinski definition) is 2. The highest BCUT2D eigenvalue weighted by molar-refractivity contribution is 5.85. The first-order valence-corrected chi connectivity index (χ1v) is 7.02. The molecule has 1 atom stereocenters. The number of aromatic nitrogens is 3. The van der Waals surface area contributed by atoms with Crippen molar-refractivity contribution in [3.05, 3.63) is 41.3 Å². The third-order valence-electron chi connectivity index (χ3n) is 3.19. The van der Waals surface area contributed by atoms with Crippen LogP contribution in [0.3, 0.4) is 0 Å². The second kappa shape index (κ2) is 10.2. The molecule has 1 amide bonds. The highest BCUT2D eigenvalue weighted by Crippen LogP contribution is 2.10. The van der Waals surface area contributed by atoms with Gasteiger partial charge in [-0.25, -0.2) is 9.67 Å². The predicted molar refractivity (Wildman–Crippen MR) is 97.0 cm³/mol. The van der Waals surface area contributed by atoms with Crippen LogP contribution in [0.2, 0.25) is 0 Å². The van der Waals surface area contributed by atoms with Crippen LogP contribution in [0, 0.1) is 13.8 Å². The van der Waals surface area contributed by atoms with Gasteiger partial charge in [-0.1, -0.05) is 6.07 Å². The number of nitrogens with two attached hydrogens (primary N) is 1. The van der Waals surface area contributed by atoms with Gasteiger partial charge in [-0.05, 0) is 31.5 Å². The van der Waals surface area contributed by atoms with E-state index in [-0.39, 0.29) is 37.3 Å². The SMILES string of the molecule is COCC(N)C(=O)NCc1ccc(-n2nc(C)cc2C)nc1.Cl.Cl. The van der Waals surface area contributed by atoms with Gasteiger partial charge in [-0.15, -0.1) is 24.8 Å². The van der Waals surface area contributed by atoms with E-state index in [2.05, 4.69) is 15.4 Å². The zero-order valence-corrected chi connectivity index (χ0v) is 15.5. The summed E-state index contributed by atoms with van der Waals surface area (Å²) in [7, 11) is 1.51. The van der Waals surface area contributed by atoms with Gasteiger partial charge in [0.2, 0.25) is 5.91 Å². The minimum Gasteiger partial charge on any atom is -0.383 e. The average molecular weight is 376 g/mol. The van der Waals surface area contributed by atoms with Crippen LogP contribution in [-0.4, -0.2) is 40.4 Å². The van der Waals surface area contributed by atoms with Gasteiger partial charge in [0.1, 0.15) is 6.04 Å². The first kappa shape index (κ1) is 22.3. The Bertz CT molecular complexity index is 646. The average Bonchev–Trinajstić information content (AvgIpc) is 2.84. The normalized spacial score (nSPS) is 11.2. The van der Waals surface area contributed by atoms with E-state index >= 15 is 0 Å². The number of aryl methyl sites for hydroxylation is 2. The number of methoxy groups -OCH3 is 1. The topological polar surface area (TPSA) is 95.1 Å². The lowest BCUT2D eigenvalue weighted by atomic mass is 10.2. The minimum absolute atomic E-state index is 0. The molecule has 3 N–H and O–H groups in total. The van der Waals surface area contributed by atoms with Crippen molar-refractivity contribution in [3.63, 3.8) is 0 Å². The highest BCUT2D eigenvalue weighted by atomic mass is 35.5. The third kappa shape index (κ3) is 5.76. The van der Waals surface area contributed by atoms with Crippen LogP contribution in [0.4, 0.5) is 0 Å². The molecule has 24 heavy (non-hydrogen) atoms. The lowest BCUT2D eigenvalue weighted by Gasteiger charge is -2.11. The monoisotopic (exact) mass is 375 g/mol. The summed E-state index contributed by atoms with van der Waals surface area (Å²) in [4.78, 5) is 16.1. The van der Waals surface area contributed by atoms with Crippen LogP contribution in [-0.2, 0) is 16.1 Å². The van der Waals surface area contributed by atoms with E-state index in [1.807, 2.05) is 32.0 Å². The van der Waals surface area contributed by atoms with Gasteiger partial charge in [0.15, 0.2) is 5.82 Å². The maximum Gasteiger partial charge on any atom is 0.239 e. The zero-order valence-electron chi connectivity index (χ0n) is 13.9. The fourth-order valence-electron chi connectivity index (χ4n) is 2.08. The molecular formula is C15H23Cl2N5O2. The minimum atomic E-state index is -0.660. The molecule has 0 aliphatic carbocycles. The van der Waals surface area contributed by atoms with Crippen LogP contribution in [0.1, 0.15) is 17.0 Å². The van der Waals surface area contributed by atoms with Crippen molar-refractivity contribution in [1.29, 1.82) is 0 Å². The van der Waals surface area contributed by atoms with E-state index in [0.717, 1.165) is 22.8 Å². The van der Waals surface area contributed by atoms with Crippen molar-refractivity contribution in [2.75, 3.05) is 13.7 Å². The molecule has 0 aliphatic rings. The smallest absolute Gasteiger partial charge is 0.239 e. The molecule has 0 saturated carbocycles. The van der Waals surface area contributed by atoms with Crippen LogP contribution in [0.25, 0.3) is 5.82 Å². The van der Waals surface area contributed by atoms with Gasteiger partial charge in [0.25, 0.3) is 0 Å². The van der Waals surface area contributed by atoms with Gasteiger partial charge in [-0.2, -0.15) is 5.10 Å². The van der Waals surface area contributed by atoms with Crippen LogP contribution >= 0.6 is 24.8 Å². The van der Waals surface area contributed by atoms with E-state index in [0.29, 0.717) is 6.54 Å². The van der Waals surface area contributed by atoms with E-state index in [1.165, 1.54) is 7.11 Å². The second-order valence-electron chi connectivity index (χ2n) is 5.14. The van der Waals surface area contributed by atoms with Crippen LogP contribution in [0.5, 0.6) is 0 Å². The molecule has 0 spiro atoms. The number of ether oxygens (including phenoxy) is 1. The summed E-state index contributed by atoms with van der Waals surface area (Å²) in [5, 5.41) is 7.13. The summed E-state index contributed by atoms with van der Waals surface area (Å²) >= 11 is 0. The third-order valence-corrected chi connectivity index (χ3v) is 3.19. The van der Waals surface area contributed by atoms with Crippen molar-refractivity contribution < 1.29 is 9.53 Å². The number of hydrogen-bond acceptors (Lipinski definition) is 5. The van der Waals surface area contributed by atoms with Crippen LogP contribution in [0.15, 0.2) is 24.4 Å². The lowest BCUT2D eigenvalue weighted by Crippen LogP contribution is -2.43. The number of carbonyl (C=O) groups is 1. The molecule has 0 aliphatic heterocycles. The van der Waals surface area contributed by atoms with Gasteiger partial charge in [-0.3, -0.25) is 4.79 Å². The number of nitrogens with one attached hydrogen (secondary N) is 1. The van der Waals surface area contributed by atoms with E-state index < -0.39 is 6.04 Å². The molecule has 2 heterocycles. The first-order valence-electron chi connectivity index (χ1n) is 7.02. The Morgan fingerprint density at radius 2 is 2.08 bits per heavy atom. The van der Waals surface area contributed by atoms with E-state index in [4.69, 9.17) is 10.5 Å². The Balaban J connectivity index is 0.00000264. The summed E-state index contributed by atoms with van der Waals surface area (Å²) in [6, 6.07) is 5.11. The van der Waals surface area contributed by atoms with Crippen LogP contribution < -0.4 is 11.1 Å². The number of halogens is 2. The van der Waals surface area contributed by atoms with Gasteiger partial charge >= 0.3 is 0 Å². The summed E-state index contributed by atoms with van der Waals surface area (Å²) in [5.41, 5.74) is 8.51. The molecule has 9 heteroatoms. The maximum atomic E-state index is 11.7.